The SMILES string of the molecule is C[C@H]1CN(c2ccc(C(F)(F)F)cc2)C(=O)c2c(-c3ccc(C#N)nc3)cnn21. The lowest BCUT2D eigenvalue weighted by molar-refractivity contribution is -0.137. The fraction of sp³-hybridized carbons (Fsp3) is 0.200. The van der Waals surface area contributed by atoms with Gasteiger partial charge >= 0.3 is 6.18 Å². The molecule has 2 aromatic heterocycles. The topological polar surface area (TPSA) is 74.8 Å². The lowest BCUT2D eigenvalue weighted by atomic mass is 10.0. The Bertz CT molecular complexity index is 1110. The zero-order valence-corrected chi connectivity index (χ0v) is 15.2. The first-order valence-electron chi connectivity index (χ1n) is 8.72. The highest BCUT2D eigenvalue weighted by Gasteiger charge is 2.35. The molecule has 0 radical (unpaired) electrons. The van der Waals surface area contributed by atoms with Gasteiger partial charge in [0.1, 0.15) is 17.5 Å². The molecule has 0 aliphatic carbocycles. The third kappa shape index (κ3) is 3.23. The Labute approximate surface area is 163 Å². The van der Waals surface area contributed by atoms with Crippen LogP contribution in [0.1, 0.15) is 34.7 Å². The minimum absolute atomic E-state index is 0.176. The van der Waals surface area contributed by atoms with Crippen LogP contribution in [-0.2, 0) is 6.18 Å². The fourth-order valence-corrected chi connectivity index (χ4v) is 3.35. The molecule has 29 heavy (non-hydrogen) atoms. The van der Waals surface area contributed by atoms with Crippen LogP contribution in [0.4, 0.5) is 18.9 Å². The molecule has 3 heterocycles. The van der Waals surface area contributed by atoms with Gasteiger partial charge in [-0.3, -0.25) is 9.48 Å². The molecular weight excluding hydrogens is 383 g/mol. The van der Waals surface area contributed by atoms with E-state index in [2.05, 4.69) is 10.1 Å². The van der Waals surface area contributed by atoms with Crippen LogP contribution in [0.5, 0.6) is 0 Å². The summed E-state index contributed by atoms with van der Waals surface area (Å²) in [5.74, 6) is -0.361. The van der Waals surface area contributed by atoms with Crippen molar-refractivity contribution in [2.24, 2.45) is 0 Å². The Hall–Kier alpha value is -3.67. The van der Waals surface area contributed by atoms with E-state index < -0.39 is 11.7 Å². The van der Waals surface area contributed by atoms with Gasteiger partial charge in [-0.2, -0.15) is 23.5 Å². The standard InChI is InChI=1S/C20H14F3N5O/c1-12-11-27(16-6-3-14(4-7-16)20(21,22)23)19(29)18-17(10-26-28(12)18)13-2-5-15(8-24)25-9-13/h2-7,9-10,12H,11H2,1H3/t12-/m0/s1. The lowest BCUT2D eigenvalue weighted by Crippen LogP contribution is -2.42. The number of pyridine rings is 1. The van der Waals surface area contributed by atoms with Crippen molar-refractivity contribution in [2.45, 2.75) is 19.1 Å². The number of benzene rings is 1. The van der Waals surface area contributed by atoms with Gasteiger partial charge in [0.2, 0.25) is 0 Å². The molecule has 4 rings (SSSR count). The molecule has 9 heteroatoms. The molecule has 1 atom stereocenters. The molecule has 0 fully saturated rings. The van der Waals surface area contributed by atoms with Crippen molar-refractivity contribution in [1.29, 1.82) is 5.26 Å². The lowest BCUT2D eigenvalue weighted by Gasteiger charge is -2.32. The molecule has 1 aliphatic rings. The first-order chi connectivity index (χ1) is 13.8. The average molecular weight is 397 g/mol. The van der Waals surface area contributed by atoms with Crippen LogP contribution in [0.2, 0.25) is 0 Å². The minimum atomic E-state index is -4.44. The molecule has 0 spiro atoms. The molecular formula is C20H14F3N5O. The van der Waals surface area contributed by atoms with E-state index >= 15 is 0 Å². The van der Waals surface area contributed by atoms with E-state index in [0.717, 1.165) is 12.1 Å². The summed E-state index contributed by atoms with van der Waals surface area (Å²) in [4.78, 5) is 18.7. The summed E-state index contributed by atoms with van der Waals surface area (Å²) in [5.41, 5.74) is 1.37. The molecule has 0 saturated heterocycles. The maximum Gasteiger partial charge on any atom is 0.416 e. The zero-order chi connectivity index (χ0) is 20.8. The fourth-order valence-electron chi connectivity index (χ4n) is 3.35. The number of amides is 1. The first-order valence-corrected chi connectivity index (χ1v) is 8.72. The molecule has 0 unspecified atom stereocenters. The second kappa shape index (κ2) is 6.74. The summed E-state index contributed by atoms with van der Waals surface area (Å²) >= 11 is 0. The zero-order valence-electron chi connectivity index (χ0n) is 15.2. The Morgan fingerprint density at radius 2 is 1.86 bits per heavy atom. The van der Waals surface area contributed by atoms with Gasteiger partial charge in [-0.25, -0.2) is 4.98 Å². The van der Waals surface area contributed by atoms with E-state index in [1.165, 1.54) is 23.2 Å². The smallest absolute Gasteiger partial charge is 0.305 e. The minimum Gasteiger partial charge on any atom is -0.305 e. The Balaban J connectivity index is 1.73. The molecule has 1 aromatic carbocycles. The largest absolute Gasteiger partial charge is 0.416 e. The summed E-state index contributed by atoms with van der Waals surface area (Å²) < 4.78 is 40.1. The number of hydrogen-bond acceptors (Lipinski definition) is 4. The summed E-state index contributed by atoms with van der Waals surface area (Å²) in [7, 11) is 0. The number of aromatic nitrogens is 3. The van der Waals surface area contributed by atoms with Gasteiger partial charge in [0.05, 0.1) is 17.8 Å². The molecule has 0 N–H and O–H groups in total. The molecule has 1 aliphatic heterocycles. The van der Waals surface area contributed by atoms with E-state index in [4.69, 9.17) is 5.26 Å². The number of anilines is 1. The number of halogens is 3. The predicted octanol–water partition coefficient (Wildman–Crippen LogP) is 4.06. The van der Waals surface area contributed by atoms with Crippen LogP contribution in [-0.4, -0.2) is 27.2 Å². The van der Waals surface area contributed by atoms with Gasteiger partial charge in [-0.1, -0.05) is 0 Å². The normalized spacial score (nSPS) is 16.4. The number of alkyl halides is 3. The average Bonchev–Trinajstić information content (AvgIpc) is 3.16. The van der Waals surface area contributed by atoms with E-state index in [0.29, 0.717) is 22.5 Å². The van der Waals surface area contributed by atoms with E-state index in [1.54, 1.807) is 23.0 Å². The van der Waals surface area contributed by atoms with Crippen LogP contribution in [0.3, 0.4) is 0 Å². The third-order valence-corrected chi connectivity index (χ3v) is 4.80. The van der Waals surface area contributed by atoms with Crippen molar-refractivity contribution in [3.8, 4) is 17.2 Å². The van der Waals surface area contributed by atoms with Crippen LogP contribution in [0.25, 0.3) is 11.1 Å². The Morgan fingerprint density at radius 1 is 1.14 bits per heavy atom. The number of rotatable bonds is 2. The monoisotopic (exact) mass is 397 g/mol. The predicted molar refractivity (Wildman–Crippen MR) is 98.0 cm³/mol. The van der Waals surface area contributed by atoms with Crippen molar-refractivity contribution < 1.29 is 18.0 Å². The van der Waals surface area contributed by atoms with Crippen molar-refractivity contribution >= 4 is 11.6 Å². The number of nitriles is 1. The van der Waals surface area contributed by atoms with E-state index in [-0.39, 0.29) is 24.2 Å². The van der Waals surface area contributed by atoms with Crippen molar-refractivity contribution in [3.63, 3.8) is 0 Å². The van der Waals surface area contributed by atoms with Crippen molar-refractivity contribution in [1.82, 2.24) is 14.8 Å². The quantitative estimate of drug-likeness (QED) is 0.654. The Kier molecular flexibility index (Phi) is 4.34. The van der Waals surface area contributed by atoms with Crippen molar-refractivity contribution in [3.05, 3.63) is 65.7 Å². The molecule has 0 bridgehead atoms. The van der Waals surface area contributed by atoms with Crippen LogP contribution < -0.4 is 4.90 Å². The van der Waals surface area contributed by atoms with Gasteiger partial charge in [0.15, 0.2) is 0 Å². The summed E-state index contributed by atoms with van der Waals surface area (Å²) in [5, 5.41) is 13.2. The highest BCUT2D eigenvalue weighted by Crippen LogP contribution is 2.34. The molecule has 0 saturated carbocycles. The second-order valence-electron chi connectivity index (χ2n) is 6.70. The molecule has 146 valence electrons. The third-order valence-electron chi connectivity index (χ3n) is 4.80. The molecule has 6 nitrogen and oxygen atoms in total. The number of fused-ring (bicyclic) bond motifs is 1. The van der Waals surface area contributed by atoms with Gasteiger partial charge in [0.25, 0.3) is 5.91 Å². The van der Waals surface area contributed by atoms with E-state index in [9.17, 15) is 18.0 Å². The molecule has 3 aromatic rings. The van der Waals surface area contributed by atoms with Crippen LogP contribution in [0.15, 0.2) is 48.8 Å². The maximum absolute atomic E-state index is 13.2. The van der Waals surface area contributed by atoms with Gasteiger partial charge < -0.3 is 4.90 Å². The number of carbonyl (C=O) groups excluding carboxylic acids is 1. The highest BCUT2D eigenvalue weighted by atomic mass is 19.4. The summed E-state index contributed by atoms with van der Waals surface area (Å²) in [6, 6.07) is 9.50. The number of carbonyl (C=O) groups is 1. The van der Waals surface area contributed by atoms with Crippen LogP contribution >= 0.6 is 0 Å². The first kappa shape index (κ1) is 18.7. The highest BCUT2D eigenvalue weighted by molar-refractivity contribution is 6.09. The summed E-state index contributed by atoms with van der Waals surface area (Å²) in [6.07, 6.45) is -1.39. The molecule has 1 amide bonds. The maximum atomic E-state index is 13.2. The van der Waals surface area contributed by atoms with Gasteiger partial charge in [0, 0.05) is 29.6 Å². The Morgan fingerprint density at radius 3 is 2.45 bits per heavy atom. The van der Waals surface area contributed by atoms with Crippen LogP contribution in [0, 0.1) is 11.3 Å². The second-order valence-corrected chi connectivity index (χ2v) is 6.70. The van der Waals surface area contributed by atoms with Gasteiger partial charge in [-0.05, 0) is 43.3 Å². The van der Waals surface area contributed by atoms with Gasteiger partial charge in [-0.15, -0.1) is 0 Å². The van der Waals surface area contributed by atoms with Crippen molar-refractivity contribution in [2.75, 3.05) is 11.4 Å². The van der Waals surface area contributed by atoms with E-state index in [1.807, 2.05) is 13.0 Å². The summed E-state index contributed by atoms with van der Waals surface area (Å²) in [6.45, 7) is 2.16. The number of nitrogens with zero attached hydrogens (tertiary/aromatic N) is 5. The number of hydrogen-bond donors (Lipinski definition) is 0.